The van der Waals surface area contributed by atoms with Crippen molar-refractivity contribution in [2.24, 2.45) is 5.10 Å². The van der Waals surface area contributed by atoms with Crippen molar-refractivity contribution < 1.29 is 9.53 Å². The predicted molar refractivity (Wildman–Crippen MR) is 107 cm³/mol. The monoisotopic (exact) mass is 381 g/mol. The second kappa shape index (κ2) is 8.41. The first-order chi connectivity index (χ1) is 13.0. The Morgan fingerprint density at radius 1 is 1.22 bits per heavy atom. The van der Waals surface area contributed by atoms with Gasteiger partial charge in [-0.2, -0.15) is 14.9 Å². The van der Waals surface area contributed by atoms with Gasteiger partial charge in [-0.3, -0.25) is 9.89 Å². The van der Waals surface area contributed by atoms with Crippen molar-refractivity contribution >= 4 is 30.0 Å². The first-order valence-electron chi connectivity index (χ1n) is 8.29. The molecule has 8 heteroatoms. The summed E-state index contributed by atoms with van der Waals surface area (Å²) in [5.74, 6) is 1.06. The van der Waals surface area contributed by atoms with E-state index >= 15 is 0 Å². The summed E-state index contributed by atoms with van der Waals surface area (Å²) >= 11 is 5.09. The molecule has 0 unspecified atom stereocenters. The van der Waals surface area contributed by atoms with Crippen LogP contribution in [0.15, 0.2) is 53.6 Å². The molecule has 0 atom stereocenters. The molecule has 0 bridgehead atoms. The quantitative estimate of drug-likeness (QED) is 0.506. The third kappa shape index (κ3) is 5.11. The fraction of sp³-hybridized carbons (Fsp3) is 0.158. The molecule has 1 heterocycles. The third-order valence-corrected chi connectivity index (χ3v) is 3.98. The molecule has 0 aliphatic carbocycles. The van der Waals surface area contributed by atoms with Crippen LogP contribution < -0.4 is 10.1 Å². The molecule has 0 radical (unpaired) electrons. The number of aromatic amines is 1. The van der Waals surface area contributed by atoms with Crippen LogP contribution in [0, 0.1) is 18.6 Å². The molecule has 0 fully saturated rings. The number of anilines is 1. The molecule has 3 aromatic rings. The molecule has 2 aromatic carbocycles. The number of amides is 1. The zero-order chi connectivity index (χ0) is 19.2. The number of aryl methyl sites for hydroxylation is 2. The number of ether oxygens (including phenoxy) is 1. The Bertz CT molecular complexity index is 1000. The normalized spacial score (nSPS) is 10.9. The number of rotatable bonds is 6. The summed E-state index contributed by atoms with van der Waals surface area (Å²) in [7, 11) is 0. The summed E-state index contributed by atoms with van der Waals surface area (Å²) in [5.41, 5.74) is 2.75. The lowest BCUT2D eigenvalue weighted by molar-refractivity contribution is -0.118. The minimum Gasteiger partial charge on any atom is -0.484 e. The lowest BCUT2D eigenvalue weighted by Gasteiger charge is -2.08. The van der Waals surface area contributed by atoms with Gasteiger partial charge in [0.25, 0.3) is 5.91 Å². The van der Waals surface area contributed by atoms with Crippen LogP contribution in [0.4, 0.5) is 5.69 Å². The van der Waals surface area contributed by atoms with Gasteiger partial charge in [0, 0.05) is 5.69 Å². The number of nitrogens with zero attached hydrogens (tertiary/aromatic N) is 3. The van der Waals surface area contributed by atoms with Crippen LogP contribution in [0.2, 0.25) is 0 Å². The Labute approximate surface area is 161 Å². The molecule has 2 N–H and O–H groups in total. The summed E-state index contributed by atoms with van der Waals surface area (Å²) in [5, 5.41) is 13.7. The lowest BCUT2D eigenvalue weighted by atomic mass is 10.2. The predicted octanol–water partition coefficient (Wildman–Crippen LogP) is 3.46. The number of H-pyrrole nitrogens is 1. The van der Waals surface area contributed by atoms with E-state index in [1.807, 2.05) is 50.2 Å². The molecule has 0 saturated carbocycles. The van der Waals surface area contributed by atoms with Crippen molar-refractivity contribution in [3.05, 3.63) is 70.3 Å². The molecular weight excluding hydrogens is 362 g/mol. The number of hydrogen-bond donors (Lipinski definition) is 2. The van der Waals surface area contributed by atoms with Gasteiger partial charge in [0.05, 0.1) is 6.21 Å². The maximum absolute atomic E-state index is 12.0. The fourth-order valence-electron chi connectivity index (χ4n) is 2.26. The molecule has 0 aliphatic rings. The van der Waals surface area contributed by atoms with Gasteiger partial charge in [0.15, 0.2) is 6.61 Å². The van der Waals surface area contributed by atoms with Gasteiger partial charge in [0.2, 0.25) is 4.77 Å². The SMILES string of the molecule is Cc1ccc(NC(=O)COc2ccc(/C=N/n3c(C)n[nH]c3=S)cc2)cc1. The Kier molecular flexibility index (Phi) is 5.77. The van der Waals surface area contributed by atoms with Crippen LogP contribution in [0.5, 0.6) is 5.75 Å². The molecule has 1 amide bonds. The Morgan fingerprint density at radius 2 is 1.93 bits per heavy atom. The second-order valence-electron chi connectivity index (χ2n) is 5.90. The van der Waals surface area contributed by atoms with Gasteiger partial charge < -0.3 is 10.1 Å². The van der Waals surface area contributed by atoms with Gasteiger partial charge in [-0.25, -0.2) is 0 Å². The van der Waals surface area contributed by atoms with Gasteiger partial charge in [-0.15, -0.1) is 0 Å². The second-order valence-corrected chi connectivity index (χ2v) is 6.29. The minimum atomic E-state index is -0.214. The Hall–Kier alpha value is -3.26. The molecule has 1 aromatic heterocycles. The average Bonchev–Trinajstić information content (AvgIpc) is 2.99. The first kappa shape index (κ1) is 18.5. The fourth-order valence-corrected chi connectivity index (χ4v) is 2.49. The van der Waals surface area contributed by atoms with Crippen molar-refractivity contribution in [1.82, 2.24) is 14.9 Å². The van der Waals surface area contributed by atoms with E-state index in [1.165, 1.54) is 4.68 Å². The van der Waals surface area contributed by atoms with E-state index in [0.717, 1.165) is 16.8 Å². The highest BCUT2D eigenvalue weighted by Crippen LogP contribution is 2.12. The number of carbonyl (C=O) groups is 1. The van der Waals surface area contributed by atoms with E-state index in [1.54, 1.807) is 18.3 Å². The van der Waals surface area contributed by atoms with Gasteiger partial charge >= 0.3 is 0 Å². The summed E-state index contributed by atoms with van der Waals surface area (Å²) in [6.07, 6.45) is 1.67. The number of aromatic nitrogens is 3. The smallest absolute Gasteiger partial charge is 0.262 e. The molecule has 3 rings (SSSR count). The Balaban J connectivity index is 1.54. The molecule has 7 nitrogen and oxygen atoms in total. The largest absolute Gasteiger partial charge is 0.484 e. The highest BCUT2D eigenvalue weighted by atomic mass is 32.1. The van der Waals surface area contributed by atoms with Gasteiger partial charge in [-0.1, -0.05) is 17.7 Å². The van der Waals surface area contributed by atoms with Gasteiger partial charge in [0.1, 0.15) is 11.6 Å². The van der Waals surface area contributed by atoms with Crippen molar-refractivity contribution in [3.63, 3.8) is 0 Å². The summed E-state index contributed by atoms with van der Waals surface area (Å²) < 4.78 is 7.48. The van der Waals surface area contributed by atoms with Crippen molar-refractivity contribution in [3.8, 4) is 5.75 Å². The van der Waals surface area contributed by atoms with Crippen LogP contribution >= 0.6 is 12.2 Å². The van der Waals surface area contributed by atoms with E-state index in [4.69, 9.17) is 17.0 Å². The van der Waals surface area contributed by atoms with Crippen molar-refractivity contribution in [2.75, 3.05) is 11.9 Å². The number of hydrogen-bond acceptors (Lipinski definition) is 5. The highest BCUT2D eigenvalue weighted by molar-refractivity contribution is 7.71. The van der Waals surface area contributed by atoms with Crippen LogP contribution in [0.1, 0.15) is 17.0 Å². The van der Waals surface area contributed by atoms with Gasteiger partial charge in [-0.05, 0) is 68.0 Å². The molecular formula is C19H19N5O2S. The molecule has 0 saturated heterocycles. The summed E-state index contributed by atoms with van der Waals surface area (Å²) in [6.45, 7) is 3.74. The van der Waals surface area contributed by atoms with Crippen molar-refractivity contribution in [2.45, 2.75) is 13.8 Å². The maximum Gasteiger partial charge on any atom is 0.262 e. The topological polar surface area (TPSA) is 84.3 Å². The van der Waals surface area contributed by atoms with Crippen molar-refractivity contribution in [1.29, 1.82) is 0 Å². The summed E-state index contributed by atoms with van der Waals surface area (Å²) in [4.78, 5) is 12.0. The van der Waals surface area contributed by atoms with E-state index < -0.39 is 0 Å². The third-order valence-electron chi connectivity index (χ3n) is 3.72. The van der Waals surface area contributed by atoms with Crippen LogP contribution in [-0.4, -0.2) is 33.6 Å². The minimum absolute atomic E-state index is 0.0648. The zero-order valence-corrected chi connectivity index (χ0v) is 15.8. The number of nitrogens with one attached hydrogen (secondary N) is 2. The summed E-state index contributed by atoms with van der Waals surface area (Å²) in [6, 6.07) is 14.8. The first-order valence-corrected chi connectivity index (χ1v) is 8.70. The van der Waals surface area contributed by atoms with Crippen LogP contribution in [0.25, 0.3) is 0 Å². The highest BCUT2D eigenvalue weighted by Gasteiger charge is 2.04. The van der Waals surface area contributed by atoms with E-state index in [-0.39, 0.29) is 12.5 Å². The molecule has 0 aliphatic heterocycles. The number of carbonyl (C=O) groups excluding carboxylic acids is 1. The zero-order valence-electron chi connectivity index (χ0n) is 15.0. The molecule has 27 heavy (non-hydrogen) atoms. The van der Waals surface area contributed by atoms with Crippen LogP contribution in [-0.2, 0) is 4.79 Å². The number of benzene rings is 2. The van der Waals surface area contributed by atoms with E-state index in [0.29, 0.717) is 16.3 Å². The molecule has 0 spiro atoms. The standard InChI is InChI=1S/C19H19N5O2S/c1-13-3-7-16(8-4-13)21-18(25)12-26-17-9-5-15(6-10-17)11-20-24-14(2)22-23-19(24)27/h3-11H,12H2,1-2H3,(H,21,25)(H,23,27)/b20-11+. The maximum atomic E-state index is 12.0. The van der Waals surface area contributed by atoms with E-state index in [2.05, 4.69) is 20.6 Å². The lowest BCUT2D eigenvalue weighted by Crippen LogP contribution is -2.20. The average molecular weight is 381 g/mol. The molecule has 138 valence electrons. The Morgan fingerprint density at radius 3 is 2.56 bits per heavy atom. The van der Waals surface area contributed by atoms with E-state index in [9.17, 15) is 4.79 Å². The van der Waals surface area contributed by atoms with Crippen LogP contribution in [0.3, 0.4) is 0 Å².